The van der Waals surface area contributed by atoms with Gasteiger partial charge in [0.05, 0.1) is 5.69 Å². The van der Waals surface area contributed by atoms with Gasteiger partial charge in [0, 0.05) is 5.54 Å². The van der Waals surface area contributed by atoms with Crippen LogP contribution in [0.4, 0.5) is 10.1 Å². The molecule has 0 unspecified atom stereocenters. The van der Waals surface area contributed by atoms with E-state index in [0.29, 0.717) is 0 Å². The molecule has 0 heterocycles. The third-order valence-electron chi connectivity index (χ3n) is 1.82. The highest BCUT2D eigenvalue weighted by Gasteiger charge is 2.20. The number of hydrogen-bond acceptors (Lipinski definition) is 2. The topological polar surface area (TPSA) is 58.2 Å². The van der Waals surface area contributed by atoms with Gasteiger partial charge in [-0.25, -0.2) is 4.39 Å². The van der Waals surface area contributed by atoms with E-state index in [1.54, 1.807) is 26.8 Å². The summed E-state index contributed by atoms with van der Waals surface area (Å²) < 4.78 is 13.2. The van der Waals surface area contributed by atoms with Gasteiger partial charge in [0.15, 0.2) is 0 Å². The van der Waals surface area contributed by atoms with Crippen LogP contribution in [-0.2, 0) is 9.59 Å². The molecule has 1 aromatic carbocycles. The predicted octanol–water partition coefficient (Wildman–Crippen LogP) is 1.68. The van der Waals surface area contributed by atoms with E-state index >= 15 is 0 Å². The monoisotopic (exact) mass is 238 g/mol. The Morgan fingerprint density at radius 3 is 2.24 bits per heavy atom. The summed E-state index contributed by atoms with van der Waals surface area (Å²) in [7, 11) is 0. The Bertz CT molecular complexity index is 438. The van der Waals surface area contributed by atoms with Crippen LogP contribution in [-0.4, -0.2) is 17.4 Å². The first-order valence-corrected chi connectivity index (χ1v) is 5.17. The second-order valence-electron chi connectivity index (χ2n) is 4.64. The van der Waals surface area contributed by atoms with E-state index in [-0.39, 0.29) is 5.69 Å². The molecule has 2 amide bonds. The molecule has 0 bridgehead atoms. The van der Waals surface area contributed by atoms with Crippen molar-refractivity contribution in [1.29, 1.82) is 0 Å². The van der Waals surface area contributed by atoms with E-state index < -0.39 is 23.2 Å². The largest absolute Gasteiger partial charge is 0.343 e. The number of carbonyl (C=O) groups is 2. The van der Waals surface area contributed by atoms with Crippen molar-refractivity contribution < 1.29 is 14.0 Å². The van der Waals surface area contributed by atoms with Crippen LogP contribution < -0.4 is 10.6 Å². The molecular weight excluding hydrogens is 223 g/mol. The Hall–Kier alpha value is -1.91. The molecule has 0 spiro atoms. The quantitative estimate of drug-likeness (QED) is 0.731. The molecule has 0 aliphatic heterocycles. The molecule has 0 aliphatic rings. The molecule has 2 N–H and O–H groups in total. The predicted molar refractivity (Wildman–Crippen MR) is 62.9 cm³/mol. The standard InChI is InChI=1S/C12H15FN2O2/c1-12(2,3)15-11(17)10(16)14-9-7-5-4-6-8(9)13/h4-7H,1-3H3,(H,14,16)(H,15,17). The number of halogens is 1. The van der Waals surface area contributed by atoms with Crippen molar-refractivity contribution >= 4 is 17.5 Å². The van der Waals surface area contributed by atoms with Crippen LogP contribution in [0.5, 0.6) is 0 Å². The maximum absolute atomic E-state index is 13.2. The van der Waals surface area contributed by atoms with Gasteiger partial charge in [0.1, 0.15) is 5.82 Å². The van der Waals surface area contributed by atoms with Crippen LogP contribution in [0, 0.1) is 5.82 Å². The van der Waals surface area contributed by atoms with Crippen LogP contribution in [0.25, 0.3) is 0 Å². The van der Waals surface area contributed by atoms with E-state index in [0.717, 1.165) is 0 Å². The molecule has 5 heteroatoms. The zero-order valence-corrected chi connectivity index (χ0v) is 10.0. The van der Waals surface area contributed by atoms with Crippen LogP contribution in [0.15, 0.2) is 24.3 Å². The normalized spacial score (nSPS) is 10.8. The Labute approximate surface area is 99.2 Å². The van der Waals surface area contributed by atoms with Gasteiger partial charge >= 0.3 is 11.8 Å². The number of hydrogen-bond donors (Lipinski definition) is 2. The molecular formula is C12H15FN2O2. The SMILES string of the molecule is CC(C)(C)NC(=O)C(=O)Nc1ccccc1F. The molecule has 0 fully saturated rings. The van der Waals surface area contributed by atoms with Crippen molar-refractivity contribution in [1.82, 2.24) is 5.32 Å². The number of benzene rings is 1. The smallest absolute Gasteiger partial charge is 0.313 e. The van der Waals surface area contributed by atoms with E-state index in [9.17, 15) is 14.0 Å². The third-order valence-corrected chi connectivity index (χ3v) is 1.82. The molecule has 1 rings (SSSR count). The first-order valence-electron chi connectivity index (χ1n) is 5.17. The Morgan fingerprint density at radius 1 is 1.12 bits per heavy atom. The number of carbonyl (C=O) groups excluding carboxylic acids is 2. The molecule has 0 saturated heterocycles. The minimum atomic E-state index is -0.884. The highest BCUT2D eigenvalue weighted by atomic mass is 19.1. The van der Waals surface area contributed by atoms with Crippen LogP contribution >= 0.6 is 0 Å². The maximum Gasteiger partial charge on any atom is 0.313 e. The second-order valence-corrected chi connectivity index (χ2v) is 4.64. The van der Waals surface area contributed by atoms with Crippen molar-refractivity contribution in [2.24, 2.45) is 0 Å². The maximum atomic E-state index is 13.2. The van der Waals surface area contributed by atoms with E-state index in [1.807, 2.05) is 0 Å². The highest BCUT2D eigenvalue weighted by Crippen LogP contribution is 2.12. The molecule has 4 nitrogen and oxygen atoms in total. The van der Waals surface area contributed by atoms with Crippen molar-refractivity contribution in [3.05, 3.63) is 30.1 Å². The van der Waals surface area contributed by atoms with Gasteiger partial charge in [0.2, 0.25) is 0 Å². The lowest BCUT2D eigenvalue weighted by Gasteiger charge is -2.19. The highest BCUT2D eigenvalue weighted by molar-refractivity contribution is 6.39. The summed E-state index contributed by atoms with van der Waals surface area (Å²) in [5, 5.41) is 4.69. The van der Waals surface area contributed by atoms with Crippen LogP contribution in [0.2, 0.25) is 0 Å². The molecule has 0 radical (unpaired) electrons. The summed E-state index contributed by atoms with van der Waals surface area (Å²) in [6.45, 7) is 5.25. The number of para-hydroxylation sites is 1. The fraction of sp³-hybridized carbons (Fsp3) is 0.333. The fourth-order valence-electron chi connectivity index (χ4n) is 1.14. The number of nitrogens with one attached hydrogen (secondary N) is 2. The number of anilines is 1. The van der Waals surface area contributed by atoms with Gasteiger partial charge in [-0.15, -0.1) is 0 Å². The first-order chi connectivity index (χ1) is 7.79. The second kappa shape index (κ2) is 4.95. The zero-order chi connectivity index (χ0) is 13.1. The van der Waals surface area contributed by atoms with Crippen molar-refractivity contribution in [2.75, 3.05) is 5.32 Å². The summed E-state index contributed by atoms with van der Waals surface area (Å²) in [5.74, 6) is -2.25. The van der Waals surface area contributed by atoms with Gasteiger partial charge in [-0.2, -0.15) is 0 Å². The van der Waals surface area contributed by atoms with Gasteiger partial charge < -0.3 is 10.6 Å². The van der Waals surface area contributed by atoms with E-state index in [1.165, 1.54) is 18.2 Å². The number of amides is 2. The summed E-state index contributed by atoms with van der Waals surface area (Å²) >= 11 is 0. The average Bonchev–Trinajstić information content (AvgIpc) is 2.18. The summed E-state index contributed by atoms with van der Waals surface area (Å²) in [6, 6.07) is 5.66. The fourth-order valence-corrected chi connectivity index (χ4v) is 1.14. The van der Waals surface area contributed by atoms with Crippen molar-refractivity contribution in [3.63, 3.8) is 0 Å². The molecule has 0 aromatic heterocycles. The molecule has 0 atom stereocenters. The van der Waals surface area contributed by atoms with E-state index in [2.05, 4.69) is 10.6 Å². The lowest BCUT2D eigenvalue weighted by atomic mass is 10.1. The molecule has 92 valence electrons. The van der Waals surface area contributed by atoms with Crippen LogP contribution in [0.3, 0.4) is 0 Å². The Kier molecular flexibility index (Phi) is 3.83. The van der Waals surface area contributed by atoms with Gasteiger partial charge in [-0.3, -0.25) is 9.59 Å². The van der Waals surface area contributed by atoms with Crippen LogP contribution in [0.1, 0.15) is 20.8 Å². The minimum Gasteiger partial charge on any atom is -0.343 e. The lowest BCUT2D eigenvalue weighted by molar-refractivity contribution is -0.137. The summed E-state index contributed by atoms with van der Waals surface area (Å²) in [5.41, 5.74) is -0.523. The molecule has 1 aromatic rings. The lowest BCUT2D eigenvalue weighted by Crippen LogP contribution is -2.46. The Balaban J connectivity index is 2.68. The van der Waals surface area contributed by atoms with Gasteiger partial charge in [0.25, 0.3) is 0 Å². The average molecular weight is 238 g/mol. The first kappa shape index (κ1) is 13.2. The molecule has 0 aliphatic carbocycles. The minimum absolute atomic E-state index is 0.0124. The third kappa shape index (κ3) is 4.22. The van der Waals surface area contributed by atoms with Gasteiger partial charge in [-0.1, -0.05) is 12.1 Å². The van der Waals surface area contributed by atoms with Crippen molar-refractivity contribution in [3.8, 4) is 0 Å². The molecule has 17 heavy (non-hydrogen) atoms. The summed E-state index contributed by atoms with van der Waals surface area (Å²) in [4.78, 5) is 22.9. The number of rotatable bonds is 1. The zero-order valence-electron chi connectivity index (χ0n) is 10.0. The summed E-state index contributed by atoms with van der Waals surface area (Å²) in [6.07, 6.45) is 0. The van der Waals surface area contributed by atoms with E-state index in [4.69, 9.17) is 0 Å². The molecule has 0 saturated carbocycles. The Morgan fingerprint density at radius 2 is 1.71 bits per heavy atom. The van der Waals surface area contributed by atoms with Crippen molar-refractivity contribution in [2.45, 2.75) is 26.3 Å². The van der Waals surface area contributed by atoms with Gasteiger partial charge in [-0.05, 0) is 32.9 Å².